The largest absolute Gasteiger partial charge is 0.337 e. The smallest absolute Gasteiger partial charge is 0.254 e. The van der Waals surface area contributed by atoms with Crippen molar-refractivity contribution in [1.29, 1.82) is 0 Å². The van der Waals surface area contributed by atoms with E-state index in [1.54, 1.807) is 12.1 Å². The van der Waals surface area contributed by atoms with Crippen LogP contribution in [0.25, 0.3) is 22.5 Å². The molecule has 1 saturated heterocycles. The summed E-state index contributed by atoms with van der Waals surface area (Å²) in [5, 5.41) is 4.74. The van der Waals surface area contributed by atoms with Crippen LogP contribution in [0.4, 0.5) is 0 Å². The second-order valence-electron chi connectivity index (χ2n) is 7.92. The molecule has 0 N–H and O–H groups in total. The Balaban J connectivity index is 1.38. The van der Waals surface area contributed by atoms with Crippen LogP contribution in [0.1, 0.15) is 41.6 Å². The molecule has 4 aromatic rings. The van der Waals surface area contributed by atoms with E-state index in [-0.39, 0.29) is 11.9 Å². The fourth-order valence-electron chi connectivity index (χ4n) is 4.15. The van der Waals surface area contributed by atoms with E-state index >= 15 is 0 Å². The van der Waals surface area contributed by atoms with Gasteiger partial charge < -0.3 is 9.42 Å². The van der Waals surface area contributed by atoms with Gasteiger partial charge in [0, 0.05) is 22.7 Å². The maximum Gasteiger partial charge on any atom is 0.254 e. The summed E-state index contributed by atoms with van der Waals surface area (Å²) >= 11 is 6.09. The van der Waals surface area contributed by atoms with Gasteiger partial charge in [-0.1, -0.05) is 71.4 Å². The highest BCUT2D eigenvalue weighted by Crippen LogP contribution is 2.33. The minimum atomic E-state index is -0.231. The third-order valence-electron chi connectivity index (χ3n) is 5.81. The average Bonchev–Trinajstić information content (AvgIpc) is 3.35. The van der Waals surface area contributed by atoms with E-state index in [0.717, 1.165) is 36.0 Å². The normalized spacial score (nSPS) is 16.2. The number of benzene rings is 3. The predicted octanol–water partition coefficient (Wildman–Crippen LogP) is 6.42. The zero-order valence-electron chi connectivity index (χ0n) is 17.4. The van der Waals surface area contributed by atoms with Gasteiger partial charge in [0.1, 0.15) is 6.04 Å². The van der Waals surface area contributed by atoms with Crippen LogP contribution in [0, 0.1) is 0 Å². The van der Waals surface area contributed by atoms with E-state index in [1.165, 1.54) is 0 Å². The Labute approximate surface area is 191 Å². The van der Waals surface area contributed by atoms with E-state index in [2.05, 4.69) is 22.3 Å². The van der Waals surface area contributed by atoms with Gasteiger partial charge in [-0.15, -0.1) is 0 Å². The number of nitrogens with zero attached hydrogens (tertiary/aromatic N) is 3. The molecule has 0 spiro atoms. The van der Waals surface area contributed by atoms with Gasteiger partial charge in [-0.25, -0.2) is 0 Å². The maximum atomic E-state index is 13.4. The second-order valence-corrected chi connectivity index (χ2v) is 8.36. The van der Waals surface area contributed by atoms with Gasteiger partial charge in [-0.3, -0.25) is 4.79 Å². The first-order chi connectivity index (χ1) is 15.7. The van der Waals surface area contributed by atoms with Gasteiger partial charge in [-0.05, 0) is 54.7 Å². The van der Waals surface area contributed by atoms with E-state index in [9.17, 15) is 4.79 Å². The Bertz CT molecular complexity index is 1220. The summed E-state index contributed by atoms with van der Waals surface area (Å²) in [6.45, 7) is 0.665. The molecule has 1 amide bonds. The summed E-state index contributed by atoms with van der Waals surface area (Å²) in [7, 11) is 0. The van der Waals surface area contributed by atoms with Crippen LogP contribution in [-0.4, -0.2) is 27.5 Å². The lowest BCUT2D eigenvalue weighted by atomic mass is 9.99. The third-order valence-corrected chi connectivity index (χ3v) is 6.05. The van der Waals surface area contributed by atoms with Crippen LogP contribution < -0.4 is 0 Å². The zero-order chi connectivity index (χ0) is 21.9. The Morgan fingerprint density at radius 1 is 0.906 bits per heavy atom. The SMILES string of the molecule is O=C(c1ccc(-c2ccccc2)cc1)N1CCCCC1c1nc(-c2cccc(Cl)c2)no1. The number of carbonyl (C=O) groups excluding carboxylic acids is 1. The standard InChI is InChI=1S/C26H22ClN3O2/c27-22-10-6-9-21(17-22)24-28-25(32-29-24)23-11-4-5-16-30(23)26(31)20-14-12-19(13-15-20)18-7-2-1-3-8-18/h1-3,6-10,12-15,17,23H,4-5,11,16H2. The molecular weight excluding hydrogens is 422 g/mol. The number of hydrogen-bond donors (Lipinski definition) is 0. The quantitative estimate of drug-likeness (QED) is 0.365. The van der Waals surface area contributed by atoms with Gasteiger partial charge in [-0.2, -0.15) is 4.98 Å². The van der Waals surface area contributed by atoms with Crippen molar-refractivity contribution >= 4 is 17.5 Å². The van der Waals surface area contributed by atoms with Crippen molar-refractivity contribution in [3.8, 4) is 22.5 Å². The van der Waals surface area contributed by atoms with Gasteiger partial charge >= 0.3 is 0 Å². The van der Waals surface area contributed by atoms with Gasteiger partial charge in [0.25, 0.3) is 5.91 Å². The molecule has 1 atom stereocenters. The molecule has 0 saturated carbocycles. The van der Waals surface area contributed by atoms with Crippen molar-refractivity contribution in [3.05, 3.63) is 95.3 Å². The molecule has 160 valence electrons. The zero-order valence-corrected chi connectivity index (χ0v) is 18.2. The molecule has 1 aliphatic heterocycles. The predicted molar refractivity (Wildman–Crippen MR) is 124 cm³/mol. The first-order valence-electron chi connectivity index (χ1n) is 10.7. The minimum Gasteiger partial charge on any atom is -0.337 e. The first kappa shape index (κ1) is 20.5. The lowest BCUT2D eigenvalue weighted by Crippen LogP contribution is -2.38. The first-order valence-corrected chi connectivity index (χ1v) is 11.1. The minimum absolute atomic E-state index is 0.0168. The number of rotatable bonds is 4. The highest BCUT2D eigenvalue weighted by Gasteiger charge is 2.32. The van der Waals surface area contributed by atoms with Crippen molar-refractivity contribution in [1.82, 2.24) is 15.0 Å². The van der Waals surface area contributed by atoms with Crippen LogP contribution in [0.5, 0.6) is 0 Å². The molecule has 1 aromatic heterocycles. The van der Waals surface area contributed by atoms with Crippen LogP contribution in [0.15, 0.2) is 83.4 Å². The lowest BCUT2D eigenvalue weighted by molar-refractivity contribution is 0.0561. The molecule has 5 nitrogen and oxygen atoms in total. The van der Waals surface area contributed by atoms with Crippen molar-refractivity contribution in [2.24, 2.45) is 0 Å². The monoisotopic (exact) mass is 443 g/mol. The number of piperidine rings is 1. The molecule has 0 aliphatic carbocycles. The maximum absolute atomic E-state index is 13.4. The fourth-order valence-corrected chi connectivity index (χ4v) is 4.34. The molecule has 1 unspecified atom stereocenters. The van der Waals surface area contributed by atoms with Crippen molar-refractivity contribution < 1.29 is 9.32 Å². The second kappa shape index (κ2) is 8.97. The number of carbonyl (C=O) groups is 1. The average molecular weight is 444 g/mol. The van der Waals surface area contributed by atoms with Gasteiger partial charge in [0.05, 0.1) is 0 Å². The summed E-state index contributed by atoms with van der Waals surface area (Å²) in [6, 6.07) is 25.0. The molecule has 32 heavy (non-hydrogen) atoms. The topological polar surface area (TPSA) is 59.2 Å². The highest BCUT2D eigenvalue weighted by atomic mass is 35.5. The summed E-state index contributed by atoms with van der Waals surface area (Å²) in [5.41, 5.74) is 3.66. The molecular formula is C26H22ClN3O2. The van der Waals surface area contributed by atoms with E-state index < -0.39 is 0 Å². The Morgan fingerprint density at radius 2 is 1.66 bits per heavy atom. The molecule has 3 aromatic carbocycles. The van der Waals surface area contributed by atoms with Crippen LogP contribution in [0.3, 0.4) is 0 Å². The van der Waals surface area contributed by atoms with Crippen molar-refractivity contribution in [3.63, 3.8) is 0 Å². The van der Waals surface area contributed by atoms with Crippen LogP contribution in [-0.2, 0) is 0 Å². The molecule has 1 aliphatic rings. The fraction of sp³-hybridized carbons (Fsp3) is 0.192. The molecule has 2 heterocycles. The van der Waals surface area contributed by atoms with E-state index in [4.69, 9.17) is 16.1 Å². The van der Waals surface area contributed by atoms with Crippen molar-refractivity contribution in [2.45, 2.75) is 25.3 Å². The van der Waals surface area contributed by atoms with E-state index in [1.807, 2.05) is 59.5 Å². The number of likely N-dealkylation sites (tertiary alicyclic amines) is 1. The molecule has 5 rings (SSSR count). The molecule has 1 fully saturated rings. The van der Waals surface area contributed by atoms with Gasteiger partial charge in [0.15, 0.2) is 0 Å². The Morgan fingerprint density at radius 3 is 2.44 bits per heavy atom. The number of aromatic nitrogens is 2. The van der Waals surface area contributed by atoms with Crippen LogP contribution in [0.2, 0.25) is 5.02 Å². The number of hydrogen-bond acceptors (Lipinski definition) is 4. The summed E-state index contributed by atoms with van der Waals surface area (Å²) in [6.07, 6.45) is 2.76. The number of amides is 1. The highest BCUT2D eigenvalue weighted by molar-refractivity contribution is 6.30. The van der Waals surface area contributed by atoms with Gasteiger partial charge in [0.2, 0.25) is 11.7 Å². The summed E-state index contributed by atoms with van der Waals surface area (Å²) in [4.78, 5) is 19.8. The van der Waals surface area contributed by atoms with Crippen molar-refractivity contribution in [2.75, 3.05) is 6.54 Å². The Kier molecular flexibility index (Phi) is 5.73. The summed E-state index contributed by atoms with van der Waals surface area (Å²) in [5.74, 6) is 0.929. The third kappa shape index (κ3) is 4.16. The lowest BCUT2D eigenvalue weighted by Gasteiger charge is -2.33. The Hall–Kier alpha value is -3.44. The number of halogens is 1. The molecule has 0 radical (unpaired) electrons. The van der Waals surface area contributed by atoms with E-state index in [0.29, 0.717) is 28.8 Å². The van der Waals surface area contributed by atoms with Crippen LogP contribution >= 0.6 is 11.6 Å². The molecule has 0 bridgehead atoms. The molecule has 6 heteroatoms. The summed E-state index contributed by atoms with van der Waals surface area (Å²) < 4.78 is 5.59.